The Morgan fingerprint density at radius 1 is 0.842 bits per heavy atom. The number of para-hydroxylation sites is 1. The van der Waals surface area contributed by atoms with Crippen LogP contribution in [-0.4, -0.2) is 37.1 Å². The van der Waals surface area contributed by atoms with Crippen LogP contribution in [0.4, 0.5) is 20.2 Å². The van der Waals surface area contributed by atoms with Gasteiger partial charge in [0, 0.05) is 18.5 Å². The number of hydrazone groups is 1. The van der Waals surface area contributed by atoms with E-state index in [4.69, 9.17) is 9.47 Å². The number of amides is 3. The predicted molar refractivity (Wildman–Crippen MR) is 138 cm³/mol. The van der Waals surface area contributed by atoms with E-state index in [9.17, 15) is 23.2 Å². The Bertz CT molecular complexity index is 1300. The average Bonchev–Trinajstić information content (AvgIpc) is 2.90. The quantitative estimate of drug-likeness (QED) is 0.242. The maximum Gasteiger partial charge on any atom is 0.262 e. The Labute approximate surface area is 217 Å². The van der Waals surface area contributed by atoms with E-state index in [1.165, 1.54) is 48.7 Å². The van der Waals surface area contributed by atoms with Crippen LogP contribution in [0, 0.1) is 11.6 Å². The third kappa shape index (κ3) is 9.01. The lowest BCUT2D eigenvalue weighted by atomic mass is 10.2. The van der Waals surface area contributed by atoms with E-state index in [2.05, 4.69) is 21.2 Å². The molecule has 0 spiro atoms. The zero-order valence-corrected chi connectivity index (χ0v) is 20.5. The fourth-order valence-electron chi connectivity index (χ4n) is 3.10. The summed E-state index contributed by atoms with van der Waals surface area (Å²) in [4.78, 5) is 36.1. The molecule has 0 aliphatic heterocycles. The van der Waals surface area contributed by atoms with E-state index in [1.54, 1.807) is 31.2 Å². The van der Waals surface area contributed by atoms with Crippen molar-refractivity contribution in [2.75, 3.05) is 23.8 Å². The number of hydrogen-bond acceptors (Lipinski definition) is 6. The summed E-state index contributed by atoms with van der Waals surface area (Å²) in [6, 6.07) is 15.9. The second-order valence-corrected chi connectivity index (χ2v) is 7.80. The van der Waals surface area contributed by atoms with Gasteiger partial charge in [-0.3, -0.25) is 14.4 Å². The van der Waals surface area contributed by atoms with Crippen LogP contribution < -0.4 is 25.5 Å². The minimum Gasteiger partial charge on any atom is -0.490 e. The van der Waals surface area contributed by atoms with Crippen molar-refractivity contribution < 1.29 is 32.6 Å². The molecule has 0 atom stereocenters. The predicted octanol–water partition coefficient (Wildman–Crippen LogP) is 4.25. The van der Waals surface area contributed by atoms with Gasteiger partial charge in [0.05, 0.1) is 18.5 Å². The number of rotatable bonds is 12. The van der Waals surface area contributed by atoms with Crippen LogP contribution in [-0.2, 0) is 14.4 Å². The average molecular weight is 525 g/mol. The zero-order valence-electron chi connectivity index (χ0n) is 20.5. The van der Waals surface area contributed by atoms with E-state index in [0.717, 1.165) is 0 Å². The highest BCUT2D eigenvalue weighted by Gasteiger charge is 2.11. The largest absolute Gasteiger partial charge is 0.490 e. The molecule has 0 aliphatic rings. The van der Waals surface area contributed by atoms with Crippen LogP contribution in [0.3, 0.4) is 0 Å². The summed E-state index contributed by atoms with van der Waals surface area (Å²) in [6.07, 6.45) is 1.20. The van der Waals surface area contributed by atoms with Gasteiger partial charge in [0.2, 0.25) is 11.8 Å². The van der Waals surface area contributed by atoms with E-state index in [-0.39, 0.29) is 25.1 Å². The number of carbonyl (C=O) groups is 3. The lowest BCUT2D eigenvalue weighted by Crippen LogP contribution is -2.21. The number of halogens is 2. The molecule has 0 fully saturated rings. The summed E-state index contributed by atoms with van der Waals surface area (Å²) >= 11 is 0. The summed E-state index contributed by atoms with van der Waals surface area (Å²) in [6.45, 7) is 1.74. The first kappa shape index (κ1) is 27.8. The number of nitrogens with zero attached hydrogens (tertiary/aromatic N) is 1. The van der Waals surface area contributed by atoms with Gasteiger partial charge in [-0.15, -0.1) is 0 Å². The SMILES string of the molecule is CCOc1cc(C=NNC(=O)CCC(=O)Nc2ccc(F)cc2)ccc1OCC(=O)Nc1ccccc1F. The fourth-order valence-corrected chi connectivity index (χ4v) is 3.10. The minimum absolute atomic E-state index is 0.0493. The molecule has 3 N–H and O–H groups in total. The van der Waals surface area contributed by atoms with Gasteiger partial charge in [0.15, 0.2) is 18.1 Å². The van der Waals surface area contributed by atoms with E-state index < -0.39 is 29.4 Å². The van der Waals surface area contributed by atoms with Gasteiger partial charge < -0.3 is 20.1 Å². The highest BCUT2D eigenvalue weighted by molar-refractivity contribution is 5.93. The first-order valence-corrected chi connectivity index (χ1v) is 11.7. The molecule has 3 rings (SSSR count). The van der Waals surface area contributed by atoms with Gasteiger partial charge in [-0.2, -0.15) is 5.10 Å². The molecule has 38 heavy (non-hydrogen) atoms. The van der Waals surface area contributed by atoms with Crippen molar-refractivity contribution in [3.8, 4) is 11.5 Å². The molecule has 3 aromatic rings. The van der Waals surface area contributed by atoms with Crippen LogP contribution >= 0.6 is 0 Å². The maximum absolute atomic E-state index is 13.7. The van der Waals surface area contributed by atoms with Crippen molar-refractivity contribution in [2.24, 2.45) is 5.10 Å². The van der Waals surface area contributed by atoms with E-state index in [0.29, 0.717) is 29.4 Å². The van der Waals surface area contributed by atoms with Gasteiger partial charge in [0.1, 0.15) is 11.6 Å². The van der Waals surface area contributed by atoms with E-state index >= 15 is 0 Å². The summed E-state index contributed by atoms with van der Waals surface area (Å²) in [5.74, 6) is -1.74. The van der Waals surface area contributed by atoms with Gasteiger partial charge in [-0.25, -0.2) is 14.2 Å². The van der Waals surface area contributed by atoms with Gasteiger partial charge in [-0.1, -0.05) is 12.1 Å². The topological polar surface area (TPSA) is 118 Å². The van der Waals surface area contributed by atoms with Crippen molar-refractivity contribution >= 4 is 35.3 Å². The second kappa shape index (κ2) is 14.1. The number of ether oxygens (including phenoxy) is 2. The third-order valence-electron chi connectivity index (χ3n) is 4.88. The van der Waals surface area contributed by atoms with Gasteiger partial charge in [-0.05, 0) is 67.1 Å². The Kier molecular flexibility index (Phi) is 10.3. The molecule has 0 aromatic heterocycles. The summed E-state index contributed by atoms with van der Waals surface area (Å²) < 4.78 is 37.7. The van der Waals surface area contributed by atoms with Crippen molar-refractivity contribution in [3.05, 3.63) is 83.9 Å². The highest BCUT2D eigenvalue weighted by atomic mass is 19.1. The molecule has 198 valence electrons. The standard InChI is InChI=1S/C27H26F2N4O5/c1-2-37-24-15-18(7-12-23(24)38-17-27(36)32-22-6-4-3-5-21(22)29)16-30-33-26(35)14-13-25(34)31-20-10-8-19(28)9-11-20/h3-12,15-16H,2,13-14,17H2,1H3,(H,31,34)(H,32,36)(H,33,35). The van der Waals surface area contributed by atoms with Crippen LogP contribution in [0.15, 0.2) is 71.8 Å². The highest BCUT2D eigenvalue weighted by Crippen LogP contribution is 2.28. The smallest absolute Gasteiger partial charge is 0.262 e. The molecule has 0 bridgehead atoms. The molecule has 0 radical (unpaired) electrons. The van der Waals surface area contributed by atoms with Crippen LogP contribution in [0.25, 0.3) is 0 Å². The van der Waals surface area contributed by atoms with Gasteiger partial charge in [0.25, 0.3) is 5.91 Å². The molecule has 0 unspecified atom stereocenters. The van der Waals surface area contributed by atoms with Crippen molar-refractivity contribution in [3.63, 3.8) is 0 Å². The zero-order chi connectivity index (χ0) is 27.3. The van der Waals surface area contributed by atoms with Crippen molar-refractivity contribution in [2.45, 2.75) is 19.8 Å². The van der Waals surface area contributed by atoms with Crippen molar-refractivity contribution in [1.82, 2.24) is 5.43 Å². The Balaban J connectivity index is 1.47. The normalized spacial score (nSPS) is 10.6. The Hall–Kier alpha value is -4.80. The monoisotopic (exact) mass is 524 g/mol. The lowest BCUT2D eigenvalue weighted by Gasteiger charge is -2.13. The summed E-state index contributed by atoms with van der Waals surface area (Å²) in [5, 5.41) is 8.88. The first-order chi connectivity index (χ1) is 18.3. The maximum atomic E-state index is 13.7. The minimum atomic E-state index is -0.556. The van der Waals surface area contributed by atoms with Crippen LogP contribution in [0.5, 0.6) is 11.5 Å². The molecule has 0 saturated heterocycles. The number of nitrogens with one attached hydrogen (secondary N) is 3. The molecular weight excluding hydrogens is 498 g/mol. The lowest BCUT2D eigenvalue weighted by molar-refractivity contribution is -0.124. The molecule has 0 aliphatic carbocycles. The molecular formula is C27H26F2N4O5. The molecule has 3 amide bonds. The molecule has 0 saturated carbocycles. The second-order valence-electron chi connectivity index (χ2n) is 7.80. The summed E-state index contributed by atoms with van der Waals surface area (Å²) in [7, 11) is 0. The Morgan fingerprint density at radius 3 is 2.32 bits per heavy atom. The van der Waals surface area contributed by atoms with Crippen LogP contribution in [0.2, 0.25) is 0 Å². The number of carbonyl (C=O) groups excluding carboxylic acids is 3. The van der Waals surface area contributed by atoms with Crippen molar-refractivity contribution in [1.29, 1.82) is 0 Å². The first-order valence-electron chi connectivity index (χ1n) is 11.7. The molecule has 0 heterocycles. The molecule has 11 heteroatoms. The van der Waals surface area contributed by atoms with Crippen LogP contribution in [0.1, 0.15) is 25.3 Å². The van der Waals surface area contributed by atoms with E-state index in [1.807, 2.05) is 0 Å². The summed E-state index contributed by atoms with van der Waals surface area (Å²) in [5.41, 5.74) is 3.39. The number of anilines is 2. The molecule has 9 nitrogen and oxygen atoms in total. The number of benzene rings is 3. The Morgan fingerprint density at radius 2 is 1.58 bits per heavy atom. The third-order valence-corrected chi connectivity index (χ3v) is 4.88. The fraction of sp³-hybridized carbons (Fsp3) is 0.185. The van der Waals surface area contributed by atoms with Gasteiger partial charge >= 0.3 is 0 Å². The number of hydrogen-bond donors (Lipinski definition) is 3. The molecule has 3 aromatic carbocycles.